The Kier molecular flexibility index (Phi) is 3.96. The van der Waals surface area contributed by atoms with Crippen molar-refractivity contribution in [3.63, 3.8) is 0 Å². The van der Waals surface area contributed by atoms with Crippen molar-refractivity contribution in [2.24, 2.45) is 0 Å². The number of benzene rings is 1. The number of nitrogens with zero attached hydrogens (tertiary/aromatic N) is 2. The number of aromatic nitrogens is 2. The Balaban J connectivity index is 1.61. The van der Waals surface area contributed by atoms with Crippen LogP contribution in [0.5, 0.6) is 0 Å². The lowest BCUT2D eigenvalue weighted by molar-refractivity contribution is -0.115. The molecule has 1 amide bonds. The highest BCUT2D eigenvalue weighted by Crippen LogP contribution is 2.19. The van der Waals surface area contributed by atoms with Crippen LogP contribution in [0.1, 0.15) is 18.0 Å². The van der Waals surface area contributed by atoms with E-state index in [2.05, 4.69) is 10.4 Å². The van der Waals surface area contributed by atoms with Crippen LogP contribution in [0, 0.1) is 5.82 Å². The molecular formula is C15H16FN3O2. The van der Waals surface area contributed by atoms with Gasteiger partial charge in [-0.3, -0.25) is 9.48 Å². The summed E-state index contributed by atoms with van der Waals surface area (Å²) in [6.07, 6.45) is 4.30. The topological polar surface area (TPSA) is 56.2 Å². The minimum atomic E-state index is -0.369. The Morgan fingerprint density at radius 3 is 3.10 bits per heavy atom. The van der Waals surface area contributed by atoms with Gasteiger partial charge in [-0.15, -0.1) is 0 Å². The van der Waals surface area contributed by atoms with Gasteiger partial charge in [-0.25, -0.2) is 4.39 Å². The maximum Gasteiger partial charge on any atom is 0.228 e. The highest BCUT2D eigenvalue weighted by molar-refractivity contribution is 5.92. The minimum absolute atomic E-state index is 0.00436. The van der Waals surface area contributed by atoms with Crippen molar-refractivity contribution in [3.8, 4) is 0 Å². The van der Waals surface area contributed by atoms with E-state index in [1.165, 1.54) is 6.07 Å². The molecule has 1 saturated heterocycles. The van der Waals surface area contributed by atoms with Crippen LogP contribution in [0.3, 0.4) is 0 Å². The molecule has 1 aromatic heterocycles. The first-order valence-electron chi connectivity index (χ1n) is 6.87. The summed E-state index contributed by atoms with van der Waals surface area (Å²) in [5.41, 5.74) is 0.995. The number of ether oxygens (including phenoxy) is 1. The van der Waals surface area contributed by atoms with Crippen molar-refractivity contribution in [3.05, 3.63) is 48.0 Å². The molecule has 1 fully saturated rings. The number of nitrogens with one attached hydrogen (secondary N) is 1. The van der Waals surface area contributed by atoms with E-state index in [1.807, 2.05) is 0 Å². The number of anilines is 1. The summed E-state index contributed by atoms with van der Waals surface area (Å²) in [5, 5.41) is 6.96. The predicted molar refractivity (Wildman–Crippen MR) is 75.4 cm³/mol. The van der Waals surface area contributed by atoms with Crippen LogP contribution in [-0.2, 0) is 16.0 Å². The van der Waals surface area contributed by atoms with Crippen molar-refractivity contribution in [2.75, 3.05) is 18.5 Å². The van der Waals surface area contributed by atoms with Crippen molar-refractivity contribution in [1.29, 1.82) is 0 Å². The second-order valence-corrected chi connectivity index (χ2v) is 5.04. The smallest absolute Gasteiger partial charge is 0.228 e. The molecule has 0 bridgehead atoms. The molecule has 1 aliphatic rings. The Morgan fingerprint density at radius 2 is 2.33 bits per heavy atom. The summed E-state index contributed by atoms with van der Waals surface area (Å²) in [5.74, 6) is -0.631. The standard InChI is InChI=1S/C15H16FN3O2/c16-14-4-2-1-3-11(14)7-15(20)18-12-8-17-19(9-12)13-5-6-21-10-13/h1-4,8-9,13H,5-7,10H2,(H,18,20)/t13-/m1/s1. The largest absolute Gasteiger partial charge is 0.379 e. The molecule has 2 aromatic rings. The fourth-order valence-electron chi connectivity index (χ4n) is 2.35. The van der Waals surface area contributed by atoms with Crippen LogP contribution in [0.15, 0.2) is 36.7 Å². The monoisotopic (exact) mass is 289 g/mol. The molecule has 0 spiro atoms. The summed E-state index contributed by atoms with van der Waals surface area (Å²) < 4.78 is 20.6. The third-order valence-corrected chi connectivity index (χ3v) is 3.47. The fourth-order valence-corrected chi connectivity index (χ4v) is 2.35. The maximum absolute atomic E-state index is 13.5. The van der Waals surface area contributed by atoms with E-state index >= 15 is 0 Å². The lowest BCUT2D eigenvalue weighted by Gasteiger charge is -2.07. The molecule has 5 nitrogen and oxygen atoms in total. The molecule has 0 aliphatic carbocycles. The van der Waals surface area contributed by atoms with Crippen LogP contribution in [-0.4, -0.2) is 28.9 Å². The molecule has 21 heavy (non-hydrogen) atoms. The molecule has 0 unspecified atom stereocenters. The van der Waals surface area contributed by atoms with Crippen LogP contribution in [0.2, 0.25) is 0 Å². The highest BCUT2D eigenvalue weighted by atomic mass is 19.1. The molecule has 6 heteroatoms. The molecule has 1 aliphatic heterocycles. The first-order valence-corrected chi connectivity index (χ1v) is 6.87. The zero-order valence-electron chi connectivity index (χ0n) is 11.5. The van der Waals surface area contributed by atoms with E-state index in [0.29, 0.717) is 17.9 Å². The van der Waals surface area contributed by atoms with Crippen molar-refractivity contribution in [2.45, 2.75) is 18.9 Å². The van der Waals surface area contributed by atoms with E-state index in [-0.39, 0.29) is 24.2 Å². The molecular weight excluding hydrogens is 273 g/mol. The summed E-state index contributed by atoms with van der Waals surface area (Å²) in [7, 11) is 0. The molecule has 1 aromatic carbocycles. The normalized spacial score (nSPS) is 17.9. The first-order chi connectivity index (χ1) is 10.2. The molecule has 3 rings (SSSR count). The molecule has 0 radical (unpaired) electrons. The summed E-state index contributed by atoms with van der Waals surface area (Å²) >= 11 is 0. The highest BCUT2D eigenvalue weighted by Gasteiger charge is 2.18. The fraction of sp³-hybridized carbons (Fsp3) is 0.333. The number of carbonyl (C=O) groups is 1. The third-order valence-electron chi connectivity index (χ3n) is 3.47. The molecule has 0 saturated carbocycles. The maximum atomic E-state index is 13.5. The summed E-state index contributed by atoms with van der Waals surface area (Å²) in [4.78, 5) is 11.9. The molecule has 1 atom stereocenters. The second-order valence-electron chi connectivity index (χ2n) is 5.04. The Hall–Kier alpha value is -2.21. The molecule has 110 valence electrons. The van der Waals surface area contributed by atoms with Gasteiger partial charge in [0, 0.05) is 12.8 Å². The number of rotatable bonds is 4. The number of halogens is 1. The van der Waals surface area contributed by atoms with Gasteiger partial charge < -0.3 is 10.1 Å². The lowest BCUT2D eigenvalue weighted by Crippen LogP contribution is -2.15. The number of hydrogen-bond acceptors (Lipinski definition) is 3. The van der Waals surface area contributed by atoms with E-state index < -0.39 is 0 Å². The Bertz CT molecular complexity index is 635. The minimum Gasteiger partial charge on any atom is -0.379 e. The van der Waals surface area contributed by atoms with Gasteiger partial charge in [-0.05, 0) is 18.1 Å². The van der Waals surface area contributed by atoms with Crippen LogP contribution >= 0.6 is 0 Å². The van der Waals surface area contributed by atoms with Gasteiger partial charge >= 0.3 is 0 Å². The SMILES string of the molecule is O=C(Cc1ccccc1F)Nc1cnn([C@@H]2CCOC2)c1. The number of hydrogen-bond donors (Lipinski definition) is 1. The van der Waals surface area contributed by atoms with Crippen molar-refractivity contribution in [1.82, 2.24) is 9.78 Å². The van der Waals surface area contributed by atoms with Crippen LogP contribution < -0.4 is 5.32 Å². The van der Waals surface area contributed by atoms with Gasteiger partial charge in [0.15, 0.2) is 0 Å². The van der Waals surface area contributed by atoms with Crippen molar-refractivity contribution >= 4 is 11.6 Å². The second kappa shape index (κ2) is 6.05. The zero-order valence-corrected chi connectivity index (χ0v) is 11.5. The van der Waals surface area contributed by atoms with Crippen molar-refractivity contribution < 1.29 is 13.9 Å². The Labute approximate surface area is 121 Å². The van der Waals surface area contributed by atoms with E-state index in [1.54, 1.807) is 35.3 Å². The molecule has 1 N–H and O–H groups in total. The zero-order chi connectivity index (χ0) is 14.7. The number of carbonyl (C=O) groups excluding carboxylic acids is 1. The first kappa shape index (κ1) is 13.8. The predicted octanol–water partition coefficient (Wildman–Crippen LogP) is 2.16. The Morgan fingerprint density at radius 1 is 1.48 bits per heavy atom. The van der Waals surface area contributed by atoms with E-state index in [9.17, 15) is 9.18 Å². The van der Waals surface area contributed by atoms with Gasteiger partial charge in [0.05, 0.1) is 31.0 Å². The van der Waals surface area contributed by atoms with Crippen LogP contribution in [0.25, 0.3) is 0 Å². The quantitative estimate of drug-likeness (QED) is 0.938. The summed E-state index contributed by atoms with van der Waals surface area (Å²) in [6, 6.07) is 6.49. The van der Waals surface area contributed by atoms with Gasteiger partial charge in [-0.1, -0.05) is 18.2 Å². The van der Waals surface area contributed by atoms with Crippen LogP contribution in [0.4, 0.5) is 10.1 Å². The van der Waals surface area contributed by atoms with Gasteiger partial charge in [0.25, 0.3) is 0 Å². The van der Waals surface area contributed by atoms with Gasteiger partial charge in [0.2, 0.25) is 5.91 Å². The third kappa shape index (κ3) is 3.28. The molecule has 2 heterocycles. The summed E-state index contributed by atoms with van der Waals surface area (Å²) in [6.45, 7) is 1.38. The number of amides is 1. The average Bonchev–Trinajstić information content (AvgIpc) is 3.12. The van der Waals surface area contributed by atoms with Gasteiger partial charge in [0.1, 0.15) is 5.82 Å². The van der Waals surface area contributed by atoms with E-state index in [4.69, 9.17) is 4.74 Å². The van der Waals surface area contributed by atoms with E-state index in [0.717, 1.165) is 13.0 Å². The van der Waals surface area contributed by atoms with Gasteiger partial charge in [-0.2, -0.15) is 5.10 Å². The lowest BCUT2D eigenvalue weighted by atomic mass is 10.1. The average molecular weight is 289 g/mol.